The van der Waals surface area contributed by atoms with Crippen molar-refractivity contribution in [2.45, 2.75) is 44.8 Å². The predicted octanol–water partition coefficient (Wildman–Crippen LogP) is 5.52. The first kappa shape index (κ1) is 25.4. The van der Waals surface area contributed by atoms with Crippen LogP contribution >= 0.6 is 0 Å². The van der Waals surface area contributed by atoms with Crippen molar-refractivity contribution in [3.05, 3.63) is 102 Å². The van der Waals surface area contributed by atoms with E-state index < -0.39 is 6.10 Å². The van der Waals surface area contributed by atoms with E-state index in [0.717, 1.165) is 38.3 Å². The van der Waals surface area contributed by atoms with Crippen LogP contribution in [-0.2, 0) is 5.41 Å². The van der Waals surface area contributed by atoms with Gasteiger partial charge in [-0.3, -0.25) is 9.80 Å². The Morgan fingerprint density at radius 3 is 1.86 bits per heavy atom. The summed E-state index contributed by atoms with van der Waals surface area (Å²) in [5.74, 6) is 0.818. The van der Waals surface area contributed by atoms with Crippen LogP contribution in [0, 0.1) is 0 Å². The number of hydrogen-bond acceptors (Lipinski definition) is 4. The standard InChI is InChI=1S/C31H40N2O2/c1-4-31(2,3)27-15-17-29(18-16-27)35-24-28(34)23-32-19-21-33(22-20-32)30(25-11-7-5-8-12-25)26-13-9-6-10-14-26/h5-18,28,30,34H,4,19-24H2,1-3H3/t28-/m1/s1. The van der Waals surface area contributed by atoms with Crippen LogP contribution in [0.3, 0.4) is 0 Å². The van der Waals surface area contributed by atoms with E-state index in [1.54, 1.807) is 0 Å². The normalized spacial score (nSPS) is 16.4. The highest BCUT2D eigenvalue weighted by atomic mass is 16.5. The van der Waals surface area contributed by atoms with Gasteiger partial charge in [-0.05, 0) is 40.7 Å². The van der Waals surface area contributed by atoms with Crippen molar-refractivity contribution in [2.24, 2.45) is 0 Å². The van der Waals surface area contributed by atoms with Gasteiger partial charge in [-0.1, -0.05) is 93.6 Å². The smallest absolute Gasteiger partial charge is 0.119 e. The van der Waals surface area contributed by atoms with Gasteiger partial charge in [-0.25, -0.2) is 0 Å². The number of rotatable bonds is 10. The van der Waals surface area contributed by atoms with Gasteiger partial charge in [0.25, 0.3) is 0 Å². The van der Waals surface area contributed by atoms with Crippen LogP contribution in [0.2, 0.25) is 0 Å². The highest BCUT2D eigenvalue weighted by Crippen LogP contribution is 2.30. The van der Waals surface area contributed by atoms with E-state index in [2.05, 4.69) is 103 Å². The Balaban J connectivity index is 1.28. The maximum Gasteiger partial charge on any atom is 0.119 e. The zero-order chi connectivity index (χ0) is 24.7. The average molecular weight is 473 g/mol. The lowest BCUT2D eigenvalue weighted by atomic mass is 9.82. The number of aliphatic hydroxyl groups is 1. The second kappa shape index (κ2) is 11.9. The Bertz CT molecular complexity index is 973. The molecule has 0 spiro atoms. The topological polar surface area (TPSA) is 35.9 Å². The molecule has 1 heterocycles. The van der Waals surface area contributed by atoms with Gasteiger partial charge in [-0.15, -0.1) is 0 Å². The molecule has 35 heavy (non-hydrogen) atoms. The molecule has 4 rings (SSSR count). The van der Waals surface area contributed by atoms with Crippen molar-refractivity contribution in [3.8, 4) is 5.75 Å². The molecule has 3 aromatic rings. The molecular formula is C31H40N2O2. The van der Waals surface area contributed by atoms with Crippen molar-refractivity contribution >= 4 is 0 Å². The number of benzene rings is 3. The highest BCUT2D eigenvalue weighted by molar-refractivity contribution is 5.32. The van der Waals surface area contributed by atoms with Gasteiger partial charge in [-0.2, -0.15) is 0 Å². The quantitative estimate of drug-likeness (QED) is 0.421. The molecule has 3 aromatic carbocycles. The number of nitrogens with zero attached hydrogens (tertiary/aromatic N) is 2. The second-order valence-electron chi connectivity index (χ2n) is 10.3. The largest absolute Gasteiger partial charge is 0.491 e. The molecular weight excluding hydrogens is 432 g/mol. The van der Waals surface area contributed by atoms with Crippen molar-refractivity contribution < 1.29 is 9.84 Å². The molecule has 0 saturated carbocycles. The average Bonchev–Trinajstić information content (AvgIpc) is 2.90. The molecule has 4 nitrogen and oxygen atoms in total. The maximum atomic E-state index is 10.6. The first-order valence-corrected chi connectivity index (χ1v) is 12.9. The van der Waals surface area contributed by atoms with Gasteiger partial charge in [0.2, 0.25) is 0 Å². The van der Waals surface area contributed by atoms with E-state index in [0.29, 0.717) is 13.2 Å². The molecule has 4 heteroatoms. The molecule has 1 aliphatic heterocycles. The zero-order valence-electron chi connectivity index (χ0n) is 21.4. The fourth-order valence-corrected chi connectivity index (χ4v) is 4.84. The van der Waals surface area contributed by atoms with E-state index in [9.17, 15) is 5.11 Å². The van der Waals surface area contributed by atoms with Crippen LogP contribution < -0.4 is 4.74 Å². The summed E-state index contributed by atoms with van der Waals surface area (Å²) >= 11 is 0. The second-order valence-corrected chi connectivity index (χ2v) is 10.3. The molecule has 1 saturated heterocycles. The Morgan fingerprint density at radius 1 is 0.800 bits per heavy atom. The third-order valence-electron chi connectivity index (χ3n) is 7.43. The maximum absolute atomic E-state index is 10.6. The summed E-state index contributed by atoms with van der Waals surface area (Å²) in [5, 5.41) is 10.6. The summed E-state index contributed by atoms with van der Waals surface area (Å²) in [5.41, 5.74) is 4.14. The SMILES string of the molecule is CCC(C)(C)c1ccc(OC[C@H](O)CN2CCN(C(c3ccccc3)c3ccccc3)CC2)cc1. The molecule has 0 bridgehead atoms. The summed E-state index contributed by atoms with van der Waals surface area (Å²) in [4.78, 5) is 4.91. The lowest BCUT2D eigenvalue weighted by molar-refractivity contribution is 0.0401. The van der Waals surface area contributed by atoms with Gasteiger partial charge in [0.15, 0.2) is 0 Å². The monoisotopic (exact) mass is 472 g/mol. The molecule has 186 valence electrons. The van der Waals surface area contributed by atoms with Crippen LogP contribution in [-0.4, -0.2) is 60.3 Å². The van der Waals surface area contributed by atoms with Gasteiger partial charge in [0.1, 0.15) is 18.5 Å². The lowest BCUT2D eigenvalue weighted by Crippen LogP contribution is -2.50. The van der Waals surface area contributed by atoms with Gasteiger partial charge >= 0.3 is 0 Å². The minimum absolute atomic E-state index is 0.167. The first-order valence-electron chi connectivity index (χ1n) is 12.9. The van der Waals surface area contributed by atoms with Crippen LogP contribution in [0.5, 0.6) is 5.75 Å². The molecule has 1 N–H and O–H groups in total. The summed E-state index contributed by atoms with van der Waals surface area (Å²) < 4.78 is 5.90. The van der Waals surface area contributed by atoms with Crippen LogP contribution in [0.15, 0.2) is 84.9 Å². The fraction of sp³-hybridized carbons (Fsp3) is 0.419. The van der Waals surface area contributed by atoms with Gasteiger partial charge in [0, 0.05) is 32.7 Å². The Hall–Kier alpha value is -2.66. The molecule has 1 aliphatic rings. The number of piperazine rings is 1. The number of ether oxygens (including phenoxy) is 1. The van der Waals surface area contributed by atoms with Crippen molar-refractivity contribution in [2.75, 3.05) is 39.3 Å². The molecule has 0 aliphatic carbocycles. The first-order chi connectivity index (χ1) is 17.0. The van der Waals surface area contributed by atoms with E-state index in [4.69, 9.17) is 4.74 Å². The summed E-state index contributed by atoms with van der Waals surface area (Å²) in [6.45, 7) is 11.5. The zero-order valence-corrected chi connectivity index (χ0v) is 21.4. The molecule has 0 amide bonds. The fourth-order valence-electron chi connectivity index (χ4n) is 4.84. The minimum atomic E-state index is -0.507. The third kappa shape index (κ3) is 6.72. The van der Waals surface area contributed by atoms with E-state index >= 15 is 0 Å². The van der Waals surface area contributed by atoms with Crippen molar-refractivity contribution in [3.63, 3.8) is 0 Å². The highest BCUT2D eigenvalue weighted by Gasteiger charge is 2.27. The Kier molecular flexibility index (Phi) is 8.61. The number of β-amino-alcohol motifs (C(OH)–C–C–N with tert-alkyl or cyclic N) is 1. The van der Waals surface area contributed by atoms with Crippen LogP contribution in [0.1, 0.15) is 49.9 Å². The number of aliphatic hydroxyl groups excluding tert-OH is 1. The molecule has 0 radical (unpaired) electrons. The lowest BCUT2D eigenvalue weighted by Gasteiger charge is -2.40. The van der Waals surface area contributed by atoms with E-state index in [1.165, 1.54) is 16.7 Å². The van der Waals surface area contributed by atoms with Crippen molar-refractivity contribution in [1.82, 2.24) is 9.80 Å². The van der Waals surface area contributed by atoms with E-state index in [1.807, 2.05) is 12.1 Å². The van der Waals surface area contributed by atoms with Crippen molar-refractivity contribution in [1.29, 1.82) is 0 Å². The van der Waals surface area contributed by atoms with Gasteiger partial charge < -0.3 is 9.84 Å². The number of hydrogen-bond donors (Lipinski definition) is 1. The van der Waals surface area contributed by atoms with Gasteiger partial charge in [0.05, 0.1) is 6.04 Å². The molecule has 0 aromatic heterocycles. The predicted molar refractivity (Wildman–Crippen MR) is 144 cm³/mol. The summed E-state index contributed by atoms with van der Waals surface area (Å²) in [6.07, 6.45) is 0.587. The Morgan fingerprint density at radius 2 is 1.34 bits per heavy atom. The minimum Gasteiger partial charge on any atom is -0.491 e. The molecule has 1 fully saturated rings. The van der Waals surface area contributed by atoms with E-state index in [-0.39, 0.29) is 11.5 Å². The van der Waals surface area contributed by atoms with Crippen LogP contribution in [0.4, 0.5) is 0 Å². The Labute approximate surface area is 211 Å². The molecule has 1 atom stereocenters. The van der Waals surface area contributed by atoms with Crippen LogP contribution in [0.25, 0.3) is 0 Å². The third-order valence-corrected chi connectivity index (χ3v) is 7.43. The summed E-state index contributed by atoms with van der Waals surface area (Å²) in [7, 11) is 0. The molecule has 0 unspecified atom stereocenters. The summed E-state index contributed by atoms with van der Waals surface area (Å²) in [6, 6.07) is 30.1.